The van der Waals surface area contributed by atoms with Gasteiger partial charge in [0.15, 0.2) is 0 Å². The molecular weight excluding hydrogens is 266 g/mol. The zero-order chi connectivity index (χ0) is 11.0. The fourth-order valence-corrected chi connectivity index (χ4v) is 2.45. The van der Waals surface area contributed by atoms with Crippen molar-refractivity contribution < 1.29 is 13.9 Å². The van der Waals surface area contributed by atoms with Gasteiger partial charge in [-0.25, -0.2) is 8.78 Å². The van der Waals surface area contributed by atoms with Gasteiger partial charge in [-0.1, -0.05) is 6.42 Å². The minimum absolute atomic E-state index is 0.0831. The monoisotopic (exact) mass is 276 g/mol. The van der Waals surface area contributed by atoms with Crippen LogP contribution in [0.1, 0.15) is 36.5 Å². The molecule has 15 heavy (non-hydrogen) atoms. The predicted octanol–water partition coefficient (Wildman–Crippen LogP) is 3.49. The Kier molecular flexibility index (Phi) is 3.07. The van der Waals surface area contributed by atoms with Gasteiger partial charge in [0.25, 0.3) is 0 Å². The van der Waals surface area contributed by atoms with Crippen LogP contribution in [0.25, 0.3) is 0 Å². The van der Waals surface area contributed by atoms with Gasteiger partial charge in [0.1, 0.15) is 11.6 Å². The van der Waals surface area contributed by atoms with E-state index in [1.165, 1.54) is 0 Å². The maximum absolute atomic E-state index is 13.7. The molecule has 1 nitrogen and oxygen atoms in total. The van der Waals surface area contributed by atoms with Crippen LogP contribution in [-0.4, -0.2) is 5.11 Å². The summed E-state index contributed by atoms with van der Waals surface area (Å²) >= 11 is 2.95. The molecule has 82 valence electrons. The standard InChI is InChI=1S/C11H11BrF2O/c12-7-5-8(13)6-3-1-2-4-9(15)10(6)11(7)14/h5,9,15H,1-4H2/t9-/m0/s1. The average Bonchev–Trinajstić information content (AvgIpc) is 2.37. The first-order valence-corrected chi connectivity index (χ1v) is 5.75. The molecule has 0 saturated carbocycles. The maximum atomic E-state index is 13.7. The Bertz CT molecular complexity index is 393. The molecule has 1 aromatic carbocycles. The first kappa shape index (κ1) is 11.0. The molecule has 2 rings (SSSR count). The number of aliphatic hydroxyl groups is 1. The minimum atomic E-state index is -0.880. The van der Waals surface area contributed by atoms with Crippen molar-refractivity contribution in [3.63, 3.8) is 0 Å². The molecule has 0 radical (unpaired) electrons. The third kappa shape index (κ3) is 1.93. The fourth-order valence-electron chi connectivity index (χ4n) is 2.04. The molecule has 0 saturated heterocycles. The number of rotatable bonds is 0. The topological polar surface area (TPSA) is 20.2 Å². The van der Waals surface area contributed by atoms with E-state index in [4.69, 9.17) is 0 Å². The lowest BCUT2D eigenvalue weighted by Crippen LogP contribution is -2.05. The molecule has 0 fully saturated rings. The third-order valence-corrected chi connectivity index (χ3v) is 3.38. The fraction of sp³-hybridized carbons (Fsp3) is 0.455. The molecule has 4 heteroatoms. The van der Waals surface area contributed by atoms with Crippen LogP contribution in [0, 0.1) is 11.6 Å². The van der Waals surface area contributed by atoms with Crippen molar-refractivity contribution in [2.75, 3.05) is 0 Å². The van der Waals surface area contributed by atoms with Gasteiger partial charge in [-0.05, 0) is 46.8 Å². The molecular formula is C11H11BrF2O. The lowest BCUT2D eigenvalue weighted by atomic mass is 10.00. The van der Waals surface area contributed by atoms with Crippen LogP contribution in [0.4, 0.5) is 8.78 Å². The molecule has 0 aromatic heterocycles. The zero-order valence-electron chi connectivity index (χ0n) is 8.06. The van der Waals surface area contributed by atoms with E-state index in [0.29, 0.717) is 18.4 Å². The number of hydrogen-bond donors (Lipinski definition) is 1. The second-order valence-electron chi connectivity index (χ2n) is 3.81. The highest BCUT2D eigenvalue weighted by Crippen LogP contribution is 2.35. The quantitative estimate of drug-likeness (QED) is 0.568. The summed E-state index contributed by atoms with van der Waals surface area (Å²) < 4.78 is 27.4. The zero-order valence-corrected chi connectivity index (χ0v) is 9.65. The van der Waals surface area contributed by atoms with E-state index in [2.05, 4.69) is 15.9 Å². The summed E-state index contributed by atoms with van der Waals surface area (Å²) in [6.45, 7) is 0. The van der Waals surface area contributed by atoms with Crippen molar-refractivity contribution in [1.29, 1.82) is 0 Å². The van der Waals surface area contributed by atoms with Crippen molar-refractivity contribution in [3.05, 3.63) is 33.3 Å². The minimum Gasteiger partial charge on any atom is -0.388 e. The van der Waals surface area contributed by atoms with Crippen LogP contribution in [-0.2, 0) is 6.42 Å². The van der Waals surface area contributed by atoms with Crippen molar-refractivity contribution in [2.24, 2.45) is 0 Å². The van der Waals surface area contributed by atoms with Crippen LogP contribution >= 0.6 is 15.9 Å². The van der Waals surface area contributed by atoms with Gasteiger partial charge in [-0.3, -0.25) is 0 Å². The van der Waals surface area contributed by atoms with Gasteiger partial charge >= 0.3 is 0 Å². The van der Waals surface area contributed by atoms with Crippen LogP contribution in [0.15, 0.2) is 10.5 Å². The van der Waals surface area contributed by atoms with Crippen LogP contribution in [0.3, 0.4) is 0 Å². The Morgan fingerprint density at radius 3 is 2.80 bits per heavy atom. The van der Waals surface area contributed by atoms with Gasteiger partial charge in [0.2, 0.25) is 0 Å². The Balaban J connectivity index is 2.63. The van der Waals surface area contributed by atoms with Crippen LogP contribution in [0.2, 0.25) is 0 Å². The van der Waals surface area contributed by atoms with Gasteiger partial charge in [-0.2, -0.15) is 0 Å². The molecule has 0 bridgehead atoms. The van der Waals surface area contributed by atoms with E-state index in [1.54, 1.807) is 0 Å². The SMILES string of the molecule is O[C@H]1CCCCc2c(F)cc(Br)c(F)c21. The second-order valence-corrected chi connectivity index (χ2v) is 4.66. The lowest BCUT2D eigenvalue weighted by Gasteiger charge is -2.14. The smallest absolute Gasteiger partial charge is 0.143 e. The van der Waals surface area contributed by atoms with Gasteiger partial charge < -0.3 is 5.11 Å². The van der Waals surface area contributed by atoms with Crippen molar-refractivity contribution in [2.45, 2.75) is 31.8 Å². The first-order valence-electron chi connectivity index (χ1n) is 4.95. The number of fused-ring (bicyclic) bond motifs is 1. The molecule has 0 unspecified atom stereocenters. The van der Waals surface area contributed by atoms with E-state index < -0.39 is 17.7 Å². The Morgan fingerprint density at radius 2 is 2.07 bits per heavy atom. The maximum Gasteiger partial charge on any atom is 0.143 e. The lowest BCUT2D eigenvalue weighted by molar-refractivity contribution is 0.161. The summed E-state index contributed by atoms with van der Waals surface area (Å²) in [6, 6.07) is 1.13. The summed E-state index contributed by atoms with van der Waals surface area (Å²) in [7, 11) is 0. The Labute approximate surface area is 95.2 Å². The molecule has 0 spiro atoms. The highest BCUT2D eigenvalue weighted by Gasteiger charge is 2.24. The van der Waals surface area contributed by atoms with Crippen molar-refractivity contribution >= 4 is 15.9 Å². The molecule has 1 aromatic rings. The largest absolute Gasteiger partial charge is 0.388 e. The summed E-state index contributed by atoms with van der Waals surface area (Å²) in [5, 5.41) is 9.74. The Morgan fingerprint density at radius 1 is 1.33 bits per heavy atom. The van der Waals surface area contributed by atoms with Crippen LogP contribution < -0.4 is 0 Å². The number of benzene rings is 1. The van der Waals surface area contributed by atoms with Gasteiger partial charge in [0.05, 0.1) is 10.6 Å². The molecule has 1 aliphatic carbocycles. The van der Waals surface area contributed by atoms with Crippen LogP contribution in [0.5, 0.6) is 0 Å². The molecule has 1 N–H and O–H groups in total. The van der Waals surface area contributed by atoms with E-state index >= 15 is 0 Å². The van der Waals surface area contributed by atoms with Crippen molar-refractivity contribution in [1.82, 2.24) is 0 Å². The third-order valence-electron chi connectivity index (χ3n) is 2.80. The molecule has 1 aliphatic rings. The van der Waals surface area contributed by atoms with Gasteiger partial charge in [0, 0.05) is 5.56 Å². The molecule has 0 aliphatic heterocycles. The van der Waals surface area contributed by atoms with Crippen molar-refractivity contribution in [3.8, 4) is 0 Å². The Hall–Kier alpha value is -0.480. The molecule has 1 atom stereocenters. The second kappa shape index (κ2) is 4.18. The number of aliphatic hydroxyl groups excluding tert-OH is 1. The first-order chi connectivity index (χ1) is 7.11. The molecule has 0 heterocycles. The van der Waals surface area contributed by atoms with E-state index in [9.17, 15) is 13.9 Å². The molecule has 0 amide bonds. The predicted molar refractivity (Wildman–Crippen MR) is 56.6 cm³/mol. The number of hydrogen-bond acceptors (Lipinski definition) is 1. The van der Waals surface area contributed by atoms with E-state index in [1.807, 2.05) is 0 Å². The average molecular weight is 277 g/mol. The highest BCUT2D eigenvalue weighted by molar-refractivity contribution is 9.10. The normalized spacial score (nSPS) is 20.9. The van der Waals surface area contributed by atoms with E-state index in [0.717, 1.165) is 18.9 Å². The summed E-state index contributed by atoms with van der Waals surface area (Å²) in [5.74, 6) is -0.958. The van der Waals surface area contributed by atoms with E-state index in [-0.39, 0.29) is 10.0 Å². The van der Waals surface area contributed by atoms with Gasteiger partial charge in [-0.15, -0.1) is 0 Å². The summed E-state index contributed by atoms with van der Waals surface area (Å²) in [5.41, 5.74) is 0.472. The summed E-state index contributed by atoms with van der Waals surface area (Å²) in [6.07, 6.45) is 1.71. The summed E-state index contributed by atoms with van der Waals surface area (Å²) in [4.78, 5) is 0. The number of halogens is 3. The highest BCUT2D eigenvalue weighted by atomic mass is 79.9.